The fourth-order valence-corrected chi connectivity index (χ4v) is 12.5. The van der Waals surface area contributed by atoms with Gasteiger partial charge in [0.25, 0.3) is 0 Å². The van der Waals surface area contributed by atoms with Crippen molar-refractivity contribution in [2.45, 2.75) is 160 Å². The third-order valence-electron chi connectivity index (χ3n) is 19.0. The Morgan fingerprint density at radius 1 is 0.245 bits per heavy atom. The molecule has 98 heavy (non-hydrogen) atoms. The van der Waals surface area contributed by atoms with Crippen LogP contribution in [0.3, 0.4) is 0 Å². The highest BCUT2D eigenvalue weighted by Crippen LogP contribution is 2.45. The van der Waals surface area contributed by atoms with Gasteiger partial charge < -0.3 is 0 Å². The first kappa shape index (κ1) is 78.3. The molecule has 0 nitrogen and oxygen atoms in total. The second kappa shape index (κ2) is 40.9. The second-order valence-corrected chi connectivity index (χ2v) is 29.3. The van der Waals surface area contributed by atoms with E-state index < -0.39 is 0 Å². The average Bonchev–Trinajstić information content (AvgIpc) is 0.755. The molecule has 1 heteroatoms. The summed E-state index contributed by atoms with van der Waals surface area (Å²) in [5.74, 6) is 6.15. The van der Waals surface area contributed by atoms with Gasteiger partial charge >= 0.3 is 0 Å². The fraction of sp³-hybridized carbons (Fsp3) is 0.320. The number of hydrogen-bond acceptors (Lipinski definition) is 0. The lowest BCUT2D eigenvalue weighted by Gasteiger charge is -2.39. The van der Waals surface area contributed by atoms with Crippen molar-refractivity contribution in [1.29, 1.82) is 0 Å². The second-order valence-electron chi connectivity index (χ2n) is 29.3. The predicted molar refractivity (Wildman–Crippen MR) is 428 cm³/mol. The molecule has 0 N–H and O–H groups in total. The van der Waals surface area contributed by atoms with Crippen LogP contribution in [0.2, 0.25) is 0 Å². The molecule has 11 aromatic carbocycles. The monoisotopic (exact) mass is 1300 g/mol. The Morgan fingerprint density at radius 3 is 0.796 bits per heavy atom. The topological polar surface area (TPSA) is 0 Å². The smallest absolute Gasteiger partial charge is 0.131 e. The Morgan fingerprint density at radius 2 is 0.490 bits per heavy atom. The van der Waals surface area contributed by atoms with Crippen molar-refractivity contribution in [3.63, 3.8) is 0 Å². The van der Waals surface area contributed by atoms with E-state index in [4.69, 9.17) is 0 Å². The third kappa shape index (κ3) is 24.7. The summed E-state index contributed by atoms with van der Waals surface area (Å²) >= 11 is 0. The van der Waals surface area contributed by atoms with Gasteiger partial charge in [0, 0.05) is 11.0 Å². The van der Waals surface area contributed by atoms with Gasteiger partial charge in [0.2, 0.25) is 0 Å². The molecule has 0 aliphatic rings. The summed E-state index contributed by atoms with van der Waals surface area (Å²) in [6, 6.07) is 107. The van der Waals surface area contributed by atoms with Crippen LogP contribution in [-0.4, -0.2) is 0 Å². The summed E-state index contributed by atoms with van der Waals surface area (Å²) < 4.78 is 14.2. The molecule has 0 fully saturated rings. The van der Waals surface area contributed by atoms with E-state index in [2.05, 4.69) is 372 Å². The molecule has 0 heterocycles. The minimum Gasteiger partial charge on any atom is -0.206 e. The molecule has 0 aliphatic heterocycles. The number of benzene rings is 11. The van der Waals surface area contributed by atoms with Gasteiger partial charge in [-0.05, 0) is 162 Å². The van der Waals surface area contributed by atoms with Crippen molar-refractivity contribution in [2.24, 2.45) is 41.4 Å². The largest absolute Gasteiger partial charge is 0.206 e. The Hall–Kier alpha value is -8.65. The van der Waals surface area contributed by atoms with Gasteiger partial charge in [-0.1, -0.05) is 415 Å². The molecule has 0 radical (unpaired) electrons. The Kier molecular flexibility index (Phi) is 32.7. The van der Waals surface area contributed by atoms with Crippen LogP contribution >= 0.6 is 0 Å². The van der Waals surface area contributed by atoms with Crippen LogP contribution in [0.15, 0.2) is 303 Å². The molecule has 0 amide bonds. The standard InChI is InChI=1S/C22H22.C17H19F.C17H20.C16H18.C15H24.C10H14/c1-18(2)22(19-12-6-3-7-13-19,20-14-8-4-9-15-20)21-16-10-5-11-17-21;1-12(2)13(3)15-9-10-16(17(18)11-15)14-7-5-4-6-8-14;1-13(2)14(3)15-9-11-17(12-10-15)16-7-5-4-6-8-16;1-13(2)12-14-8-10-16(11-9-14)15-6-4-3-5-7-15;1-11(2)10-14-6-8-15(9-7-14)13(5)12(3)4;1-9(2)8-10-6-4-3-5-7-10/h3-18H,1-2H3;4-13H,1-3H3;4-14H,1-3H3;3-11,13H,12H2,1-2H3;6-9,11-13H,10H2,1-5H3;3-7,9H,8H2,1-2H3. The molecule has 0 saturated heterocycles. The number of rotatable bonds is 19. The van der Waals surface area contributed by atoms with Gasteiger partial charge in [-0.3, -0.25) is 0 Å². The van der Waals surface area contributed by atoms with E-state index in [9.17, 15) is 4.39 Å². The fourth-order valence-electron chi connectivity index (χ4n) is 12.5. The normalized spacial score (nSPS) is 12.0. The van der Waals surface area contributed by atoms with E-state index in [0.29, 0.717) is 41.1 Å². The summed E-state index contributed by atoms with van der Waals surface area (Å²) in [5, 5.41) is 0. The maximum Gasteiger partial charge on any atom is 0.131 e. The highest BCUT2D eigenvalue weighted by Gasteiger charge is 2.39. The van der Waals surface area contributed by atoms with Crippen molar-refractivity contribution in [3.8, 4) is 33.4 Å². The first-order valence-electron chi connectivity index (χ1n) is 36.5. The van der Waals surface area contributed by atoms with Crippen LogP contribution in [0.1, 0.15) is 186 Å². The lowest BCUT2D eigenvalue weighted by atomic mass is 9.63. The molecule has 0 saturated carbocycles. The van der Waals surface area contributed by atoms with Crippen LogP contribution in [0.4, 0.5) is 4.39 Å². The van der Waals surface area contributed by atoms with Crippen LogP contribution < -0.4 is 0 Å². The van der Waals surface area contributed by atoms with Gasteiger partial charge in [-0.25, -0.2) is 4.39 Å². The first-order chi connectivity index (χ1) is 47.1. The summed E-state index contributed by atoms with van der Waals surface area (Å²) in [7, 11) is 0. The lowest BCUT2D eigenvalue weighted by molar-refractivity contribution is 0.438. The summed E-state index contributed by atoms with van der Waals surface area (Å²) in [6.45, 7) is 38.3. The number of halogens is 1. The van der Waals surface area contributed by atoms with Crippen molar-refractivity contribution >= 4 is 0 Å². The number of hydrogen-bond donors (Lipinski definition) is 0. The van der Waals surface area contributed by atoms with E-state index in [-0.39, 0.29) is 11.2 Å². The maximum absolute atomic E-state index is 14.2. The molecule has 11 aromatic rings. The van der Waals surface area contributed by atoms with Crippen LogP contribution in [-0.2, 0) is 24.7 Å². The SMILES string of the molecule is CC(C)C(C)c1ccc(-c2ccccc2)c(F)c1.CC(C)C(C)c1ccc(-c2ccccc2)cc1.CC(C)C(c1ccccc1)(c1ccccc1)c1ccccc1.CC(C)Cc1ccc(-c2ccccc2)cc1.CC(C)Cc1ccc(C(C)C(C)C)cc1.CC(C)Cc1ccccc1. The molecule has 0 spiro atoms. The quantitative estimate of drug-likeness (QED) is 0.0708. The third-order valence-corrected chi connectivity index (χ3v) is 19.0. The zero-order valence-electron chi connectivity index (χ0n) is 62.6. The van der Waals surface area contributed by atoms with Crippen LogP contribution in [0.25, 0.3) is 33.4 Å². The maximum atomic E-state index is 14.2. The Bertz CT molecular complexity index is 3750. The van der Waals surface area contributed by atoms with E-state index in [1.165, 1.54) is 79.6 Å². The molecule has 3 unspecified atom stereocenters. The zero-order chi connectivity index (χ0) is 71.0. The average molecular weight is 1300 g/mol. The summed E-state index contributed by atoms with van der Waals surface area (Å²) in [4.78, 5) is 0. The first-order valence-corrected chi connectivity index (χ1v) is 36.5. The Labute approximate surface area is 595 Å². The van der Waals surface area contributed by atoms with E-state index in [1.807, 2.05) is 42.5 Å². The van der Waals surface area contributed by atoms with Crippen LogP contribution in [0, 0.1) is 47.2 Å². The highest BCUT2D eigenvalue weighted by atomic mass is 19.1. The van der Waals surface area contributed by atoms with Crippen molar-refractivity contribution in [3.05, 3.63) is 359 Å². The predicted octanol–water partition coefficient (Wildman–Crippen LogP) is 28.1. The van der Waals surface area contributed by atoms with Gasteiger partial charge in [0.15, 0.2) is 0 Å². The van der Waals surface area contributed by atoms with Gasteiger partial charge in [-0.2, -0.15) is 0 Å². The van der Waals surface area contributed by atoms with Gasteiger partial charge in [-0.15, -0.1) is 0 Å². The molecule has 3 atom stereocenters. The summed E-state index contributed by atoms with van der Waals surface area (Å²) in [5.41, 5.74) is 19.0. The van der Waals surface area contributed by atoms with E-state index in [1.54, 1.807) is 6.07 Å². The minimum absolute atomic E-state index is 0.121. The molecule has 0 bridgehead atoms. The van der Waals surface area contributed by atoms with Crippen molar-refractivity contribution in [1.82, 2.24) is 0 Å². The molecule has 0 aliphatic carbocycles. The summed E-state index contributed by atoms with van der Waals surface area (Å²) in [6.07, 6.45) is 3.55. The molecule has 0 aromatic heterocycles. The van der Waals surface area contributed by atoms with Crippen molar-refractivity contribution in [2.75, 3.05) is 0 Å². The zero-order valence-corrected chi connectivity index (χ0v) is 62.6. The lowest BCUT2D eigenvalue weighted by Crippen LogP contribution is -2.35. The molecular weight excluding hydrogens is 1180 g/mol. The van der Waals surface area contributed by atoms with E-state index >= 15 is 0 Å². The Balaban J connectivity index is 0.000000188. The molecule has 512 valence electrons. The van der Waals surface area contributed by atoms with E-state index in [0.717, 1.165) is 41.2 Å². The van der Waals surface area contributed by atoms with Gasteiger partial charge in [0.05, 0.1) is 0 Å². The molecular formula is C97H117F. The minimum atomic E-state index is -0.133. The van der Waals surface area contributed by atoms with Crippen molar-refractivity contribution < 1.29 is 4.39 Å². The van der Waals surface area contributed by atoms with Crippen LogP contribution in [0.5, 0.6) is 0 Å². The highest BCUT2D eigenvalue weighted by molar-refractivity contribution is 5.66. The molecule has 11 rings (SSSR count). The van der Waals surface area contributed by atoms with Gasteiger partial charge in [0.1, 0.15) is 5.82 Å².